The zero-order valence-electron chi connectivity index (χ0n) is 9.12. The second-order valence-electron chi connectivity index (χ2n) is 5.33. The first kappa shape index (κ1) is 9.97. The van der Waals surface area contributed by atoms with Gasteiger partial charge in [-0.25, -0.2) is 0 Å². The lowest BCUT2D eigenvalue weighted by Gasteiger charge is -2.21. The van der Waals surface area contributed by atoms with Crippen LogP contribution < -0.4 is 5.73 Å². The summed E-state index contributed by atoms with van der Waals surface area (Å²) in [7, 11) is 0. The molecule has 1 saturated heterocycles. The Labute approximate surface area is 85.6 Å². The smallest absolute Gasteiger partial charge is 0.223 e. The van der Waals surface area contributed by atoms with Crippen LogP contribution in [0.25, 0.3) is 0 Å². The molecule has 0 spiro atoms. The van der Waals surface area contributed by atoms with E-state index in [0.29, 0.717) is 24.2 Å². The second kappa shape index (κ2) is 3.23. The van der Waals surface area contributed by atoms with E-state index in [9.17, 15) is 4.79 Å². The largest absolute Gasteiger partial charge is 0.342 e. The molecule has 1 amide bonds. The third kappa shape index (κ3) is 1.78. The molecule has 1 aliphatic heterocycles. The molecule has 0 radical (unpaired) electrons. The Morgan fingerprint density at radius 1 is 1.57 bits per heavy atom. The number of rotatable bonds is 3. The predicted molar refractivity (Wildman–Crippen MR) is 55.7 cm³/mol. The van der Waals surface area contributed by atoms with Crippen LogP contribution in [0.1, 0.15) is 33.1 Å². The van der Waals surface area contributed by atoms with Gasteiger partial charge in [0.2, 0.25) is 5.91 Å². The predicted octanol–water partition coefficient (Wildman–Crippen LogP) is 0.982. The molecule has 2 N–H and O–H groups in total. The lowest BCUT2D eigenvalue weighted by molar-refractivity contribution is -0.128. The molecule has 3 heteroatoms. The first-order valence-electron chi connectivity index (χ1n) is 5.58. The van der Waals surface area contributed by atoms with Crippen molar-refractivity contribution in [3.05, 3.63) is 0 Å². The summed E-state index contributed by atoms with van der Waals surface area (Å²) in [4.78, 5) is 13.7. The van der Waals surface area contributed by atoms with Crippen molar-refractivity contribution in [2.75, 3.05) is 13.1 Å². The fraction of sp³-hybridized carbons (Fsp3) is 0.909. The molecule has 0 aromatic carbocycles. The first-order chi connectivity index (χ1) is 6.51. The average Bonchev–Trinajstić information content (AvgIpc) is 2.71. The molecule has 0 aromatic heterocycles. The Balaban J connectivity index is 1.93. The number of hydrogen-bond donors (Lipinski definition) is 1. The Hall–Kier alpha value is -0.570. The van der Waals surface area contributed by atoms with Crippen molar-refractivity contribution in [1.82, 2.24) is 4.90 Å². The quantitative estimate of drug-likeness (QED) is 0.731. The van der Waals surface area contributed by atoms with Gasteiger partial charge in [-0.1, -0.05) is 13.8 Å². The van der Waals surface area contributed by atoms with Gasteiger partial charge in [0.05, 0.1) is 0 Å². The monoisotopic (exact) mass is 196 g/mol. The van der Waals surface area contributed by atoms with Crippen LogP contribution in [0.15, 0.2) is 0 Å². The maximum atomic E-state index is 11.7. The van der Waals surface area contributed by atoms with Crippen molar-refractivity contribution < 1.29 is 4.79 Å². The Kier molecular flexibility index (Phi) is 2.30. The summed E-state index contributed by atoms with van der Waals surface area (Å²) >= 11 is 0. The minimum absolute atomic E-state index is 0.0153. The van der Waals surface area contributed by atoms with E-state index < -0.39 is 0 Å². The van der Waals surface area contributed by atoms with E-state index in [1.807, 2.05) is 4.90 Å². The van der Waals surface area contributed by atoms with E-state index in [1.54, 1.807) is 0 Å². The summed E-state index contributed by atoms with van der Waals surface area (Å²) in [5, 5.41) is 0. The zero-order chi connectivity index (χ0) is 10.3. The lowest BCUT2D eigenvalue weighted by atomic mass is 9.97. The Bertz CT molecular complexity index is 246. The van der Waals surface area contributed by atoms with Crippen molar-refractivity contribution >= 4 is 5.91 Å². The molecule has 1 heterocycles. The van der Waals surface area contributed by atoms with Gasteiger partial charge in [0.1, 0.15) is 0 Å². The SMILES string of the molecule is CC(C)CN1CC(C2(N)CC2)CC1=O. The van der Waals surface area contributed by atoms with Crippen LogP contribution in [-0.4, -0.2) is 29.4 Å². The van der Waals surface area contributed by atoms with Gasteiger partial charge >= 0.3 is 0 Å². The normalized spacial score (nSPS) is 30.1. The molecule has 1 aliphatic carbocycles. The summed E-state index contributed by atoms with van der Waals surface area (Å²) in [6.07, 6.45) is 2.91. The number of nitrogens with two attached hydrogens (primary N) is 1. The molecule has 3 nitrogen and oxygen atoms in total. The van der Waals surface area contributed by atoms with Gasteiger partial charge in [-0.2, -0.15) is 0 Å². The maximum Gasteiger partial charge on any atom is 0.223 e. The Morgan fingerprint density at radius 3 is 2.71 bits per heavy atom. The van der Waals surface area contributed by atoms with Crippen LogP contribution >= 0.6 is 0 Å². The van der Waals surface area contributed by atoms with Gasteiger partial charge in [-0.15, -0.1) is 0 Å². The van der Waals surface area contributed by atoms with Gasteiger partial charge in [0, 0.05) is 31.0 Å². The summed E-state index contributed by atoms with van der Waals surface area (Å²) in [6.45, 7) is 6.09. The fourth-order valence-corrected chi connectivity index (χ4v) is 2.33. The highest BCUT2D eigenvalue weighted by Gasteiger charge is 2.50. The highest BCUT2D eigenvalue weighted by molar-refractivity contribution is 5.79. The maximum absolute atomic E-state index is 11.7. The number of nitrogens with zero attached hydrogens (tertiary/aromatic N) is 1. The number of likely N-dealkylation sites (tertiary alicyclic amines) is 1. The topological polar surface area (TPSA) is 46.3 Å². The Morgan fingerprint density at radius 2 is 2.21 bits per heavy atom. The highest BCUT2D eigenvalue weighted by atomic mass is 16.2. The van der Waals surface area contributed by atoms with Crippen molar-refractivity contribution in [2.45, 2.75) is 38.6 Å². The standard InChI is InChI=1S/C11H20N2O/c1-8(2)6-13-7-9(5-10(13)14)11(12)3-4-11/h8-9H,3-7,12H2,1-2H3. The van der Waals surface area contributed by atoms with Crippen LogP contribution in [0.3, 0.4) is 0 Å². The third-order valence-electron chi connectivity index (χ3n) is 3.44. The van der Waals surface area contributed by atoms with Crippen LogP contribution in [-0.2, 0) is 4.79 Å². The van der Waals surface area contributed by atoms with Gasteiger partial charge in [-0.05, 0) is 18.8 Å². The first-order valence-corrected chi connectivity index (χ1v) is 5.58. The average molecular weight is 196 g/mol. The van der Waals surface area contributed by atoms with E-state index in [0.717, 1.165) is 25.9 Å². The molecular formula is C11H20N2O. The minimum Gasteiger partial charge on any atom is -0.342 e. The third-order valence-corrected chi connectivity index (χ3v) is 3.44. The summed E-state index contributed by atoms with van der Waals surface area (Å²) in [5.41, 5.74) is 6.14. The molecule has 1 unspecified atom stereocenters. The van der Waals surface area contributed by atoms with Crippen molar-refractivity contribution in [3.63, 3.8) is 0 Å². The van der Waals surface area contributed by atoms with Crippen LogP contribution in [0.4, 0.5) is 0 Å². The number of carbonyl (C=O) groups excluding carboxylic acids is 1. The van der Waals surface area contributed by atoms with Gasteiger partial charge in [0.25, 0.3) is 0 Å². The lowest BCUT2D eigenvalue weighted by Crippen LogP contribution is -2.35. The van der Waals surface area contributed by atoms with Gasteiger partial charge in [0.15, 0.2) is 0 Å². The van der Waals surface area contributed by atoms with E-state index in [4.69, 9.17) is 5.73 Å². The highest BCUT2D eigenvalue weighted by Crippen LogP contribution is 2.43. The van der Waals surface area contributed by atoms with Crippen LogP contribution in [0, 0.1) is 11.8 Å². The molecule has 0 bridgehead atoms. The summed E-state index contributed by atoms with van der Waals surface area (Å²) in [6, 6.07) is 0. The molecule has 1 saturated carbocycles. The number of hydrogen-bond acceptors (Lipinski definition) is 2. The zero-order valence-corrected chi connectivity index (χ0v) is 9.12. The van der Waals surface area contributed by atoms with Crippen molar-refractivity contribution in [3.8, 4) is 0 Å². The van der Waals surface area contributed by atoms with Crippen LogP contribution in [0.5, 0.6) is 0 Å². The molecule has 2 fully saturated rings. The number of carbonyl (C=O) groups is 1. The summed E-state index contributed by atoms with van der Waals surface area (Å²) < 4.78 is 0. The van der Waals surface area contributed by atoms with E-state index >= 15 is 0 Å². The van der Waals surface area contributed by atoms with Gasteiger partial charge in [-0.3, -0.25) is 4.79 Å². The van der Waals surface area contributed by atoms with E-state index in [2.05, 4.69) is 13.8 Å². The molecule has 2 aliphatic rings. The van der Waals surface area contributed by atoms with Crippen molar-refractivity contribution in [2.24, 2.45) is 17.6 Å². The van der Waals surface area contributed by atoms with Crippen molar-refractivity contribution in [1.29, 1.82) is 0 Å². The summed E-state index contributed by atoms with van der Waals surface area (Å²) in [5.74, 6) is 1.29. The molecule has 80 valence electrons. The molecular weight excluding hydrogens is 176 g/mol. The fourth-order valence-electron chi connectivity index (χ4n) is 2.33. The molecule has 14 heavy (non-hydrogen) atoms. The number of amides is 1. The molecule has 2 rings (SSSR count). The molecule has 1 atom stereocenters. The van der Waals surface area contributed by atoms with E-state index in [-0.39, 0.29) is 5.54 Å². The van der Waals surface area contributed by atoms with Gasteiger partial charge < -0.3 is 10.6 Å². The molecule has 0 aromatic rings. The van der Waals surface area contributed by atoms with E-state index in [1.165, 1.54) is 0 Å². The minimum atomic E-state index is 0.0153. The second-order valence-corrected chi connectivity index (χ2v) is 5.33. The van der Waals surface area contributed by atoms with Crippen LogP contribution in [0.2, 0.25) is 0 Å².